The van der Waals surface area contributed by atoms with Crippen LogP contribution in [0.4, 0.5) is 0 Å². The molecule has 0 spiro atoms. The second kappa shape index (κ2) is 7.90. The second-order valence-corrected chi connectivity index (χ2v) is 10.7. The summed E-state index contributed by atoms with van der Waals surface area (Å²) < 4.78 is 3.21. The molecule has 31 heavy (non-hydrogen) atoms. The number of fused-ring (bicyclic) bond motifs is 1. The van der Waals surface area contributed by atoms with Crippen LogP contribution in [0.15, 0.2) is 58.0 Å². The van der Waals surface area contributed by atoms with Gasteiger partial charge in [-0.25, -0.2) is 0 Å². The van der Waals surface area contributed by atoms with Gasteiger partial charge in [-0.3, -0.25) is 0 Å². The van der Waals surface area contributed by atoms with Crippen LogP contribution in [0.3, 0.4) is 0 Å². The fourth-order valence-electron chi connectivity index (χ4n) is 5.03. The number of benzene rings is 1. The summed E-state index contributed by atoms with van der Waals surface area (Å²) in [6.45, 7) is 3.29. The number of aromatic nitrogens is 2. The molecule has 1 aromatic carbocycles. The first kappa shape index (κ1) is 19.2. The fourth-order valence-corrected chi connectivity index (χ4v) is 7.08. The molecule has 2 saturated heterocycles. The van der Waals surface area contributed by atoms with E-state index in [0.29, 0.717) is 11.8 Å². The number of phenolic OH excluding ortho intramolecular Hbond substituents is 1. The van der Waals surface area contributed by atoms with Gasteiger partial charge in [0.05, 0.1) is 0 Å². The van der Waals surface area contributed by atoms with Crippen molar-refractivity contribution in [2.24, 2.45) is 15.9 Å². The van der Waals surface area contributed by atoms with Gasteiger partial charge in [0.25, 0.3) is 0 Å². The molecular weight excluding hydrogens is 503 g/mol. The molecule has 0 unspecified atom stereocenters. The van der Waals surface area contributed by atoms with Crippen molar-refractivity contribution < 1.29 is 26.3 Å². The molecule has 4 aliphatic heterocycles. The zero-order valence-electron chi connectivity index (χ0n) is 17.1. The van der Waals surface area contributed by atoms with Crippen molar-refractivity contribution >= 4 is 13.6 Å². The number of phenols is 1. The first-order valence-corrected chi connectivity index (χ1v) is 13.1. The van der Waals surface area contributed by atoms with Crippen molar-refractivity contribution in [3.8, 4) is 16.9 Å². The molecule has 4 aliphatic rings. The summed E-state index contributed by atoms with van der Waals surface area (Å²) in [5, 5.41) is 21.1. The summed E-state index contributed by atoms with van der Waals surface area (Å²) >= 11 is -0.439. The average Bonchev–Trinajstić information content (AvgIpc) is 3.51. The molecule has 0 radical (unpaired) electrons. The van der Waals surface area contributed by atoms with Crippen molar-refractivity contribution in [1.29, 1.82) is 0 Å². The van der Waals surface area contributed by atoms with E-state index in [4.69, 9.17) is 9.98 Å². The van der Waals surface area contributed by atoms with E-state index in [0.717, 1.165) is 60.3 Å². The topological polar surface area (TPSA) is 88.9 Å². The molecule has 2 atom stereocenters. The van der Waals surface area contributed by atoms with E-state index < -0.39 is 21.2 Å². The zero-order valence-corrected chi connectivity index (χ0v) is 19.2. The number of piperidine rings is 1. The number of amidine groups is 1. The van der Waals surface area contributed by atoms with Crippen molar-refractivity contribution in [1.82, 2.24) is 20.4 Å². The third-order valence-electron chi connectivity index (χ3n) is 6.66. The Labute approximate surface area is 191 Å². The number of H-pyrrole nitrogens is 1. The SMILES string of the molecule is Oc1cc(-c2cn[nH]c2)ccc1C1=CC2=C(N=C[I-]1)N=C(N1CC[C@H]3CCNC[C@H]31)C2. The molecule has 0 saturated carbocycles. The van der Waals surface area contributed by atoms with E-state index in [9.17, 15) is 5.11 Å². The Hall–Kier alpha value is -2.46. The summed E-state index contributed by atoms with van der Waals surface area (Å²) in [6.07, 6.45) is 9.18. The van der Waals surface area contributed by atoms with Crippen LogP contribution in [-0.4, -0.2) is 55.9 Å². The predicted molar refractivity (Wildman–Crippen MR) is 117 cm³/mol. The van der Waals surface area contributed by atoms with E-state index in [1.165, 1.54) is 22.0 Å². The molecule has 2 aromatic rings. The van der Waals surface area contributed by atoms with E-state index in [1.807, 2.05) is 28.6 Å². The number of likely N-dealkylation sites (tertiary alicyclic amines) is 1. The van der Waals surface area contributed by atoms with Crippen LogP contribution in [0.1, 0.15) is 24.8 Å². The van der Waals surface area contributed by atoms with E-state index >= 15 is 0 Å². The Morgan fingerprint density at radius 1 is 1.19 bits per heavy atom. The number of rotatable bonds is 2. The van der Waals surface area contributed by atoms with Gasteiger partial charge in [0.2, 0.25) is 0 Å². The maximum atomic E-state index is 10.8. The van der Waals surface area contributed by atoms with Gasteiger partial charge in [-0.15, -0.1) is 0 Å². The van der Waals surface area contributed by atoms with Gasteiger partial charge in [-0.2, -0.15) is 0 Å². The number of aliphatic imine (C=N–C) groups is 2. The van der Waals surface area contributed by atoms with Crippen LogP contribution in [0, 0.1) is 5.92 Å². The molecule has 2 fully saturated rings. The standard InChI is InChI=1S/C23H24IN6O/c31-21-8-15(17-10-27-28-11-17)1-2-18(21)19-7-16-9-22(29-23(16)26-13-24-19)30-6-4-14-3-5-25-12-20(14)30/h1-2,7-8,10-11,13-14,20,25,31H,3-6,9,12H2,(H,27,28)/q-1/t14-,20-/m1/s1. The summed E-state index contributed by atoms with van der Waals surface area (Å²) in [5.41, 5.74) is 3.98. The Morgan fingerprint density at radius 2 is 2.16 bits per heavy atom. The number of aromatic amines is 1. The van der Waals surface area contributed by atoms with E-state index in [-0.39, 0.29) is 0 Å². The van der Waals surface area contributed by atoms with Crippen molar-refractivity contribution in [3.63, 3.8) is 0 Å². The minimum absolute atomic E-state index is 0.303. The average molecular weight is 527 g/mol. The Bertz CT molecular complexity index is 1130. The molecule has 5 heterocycles. The number of halogens is 1. The molecule has 0 amide bonds. The first-order valence-electron chi connectivity index (χ1n) is 10.7. The Kier molecular flexibility index (Phi) is 4.91. The first-order chi connectivity index (χ1) is 15.3. The van der Waals surface area contributed by atoms with Gasteiger partial charge in [-0.1, -0.05) is 0 Å². The number of nitrogens with zero attached hydrogens (tertiary/aromatic N) is 4. The molecule has 8 heteroatoms. The zero-order chi connectivity index (χ0) is 20.8. The van der Waals surface area contributed by atoms with E-state index in [2.05, 4.69) is 26.5 Å². The van der Waals surface area contributed by atoms with Crippen LogP contribution < -0.4 is 26.5 Å². The van der Waals surface area contributed by atoms with Gasteiger partial charge in [0, 0.05) is 0 Å². The maximum absolute atomic E-state index is 10.8. The number of hydrogen-bond acceptors (Lipinski definition) is 6. The van der Waals surface area contributed by atoms with Crippen molar-refractivity contribution in [2.45, 2.75) is 25.3 Å². The number of hydrogen-bond donors (Lipinski definition) is 3. The van der Waals surface area contributed by atoms with Crippen molar-refractivity contribution in [2.75, 3.05) is 19.6 Å². The molecule has 0 bridgehead atoms. The molecule has 0 aliphatic carbocycles. The number of aromatic hydroxyl groups is 1. The van der Waals surface area contributed by atoms with Gasteiger partial charge in [-0.05, 0) is 0 Å². The molecule has 1 aromatic heterocycles. The molecule has 7 nitrogen and oxygen atoms in total. The van der Waals surface area contributed by atoms with Gasteiger partial charge in [0.1, 0.15) is 0 Å². The summed E-state index contributed by atoms with van der Waals surface area (Å²) in [5.74, 6) is 3.10. The second-order valence-electron chi connectivity index (χ2n) is 8.40. The molecule has 160 valence electrons. The Balaban J connectivity index is 1.25. The van der Waals surface area contributed by atoms with Gasteiger partial charge < -0.3 is 0 Å². The normalized spacial score (nSPS) is 25.5. The van der Waals surface area contributed by atoms with Crippen LogP contribution in [-0.2, 0) is 0 Å². The Morgan fingerprint density at radius 3 is 3.03 bits per heavy atom. The fraction of sp³-hybridized carbons (Fsp3) is 0.348. The molecule has 3 N–H and O–H groups in total. The van der Waals surface area contributed by atoms with Gasteiger partial charge >= 0.3 is 192 Å². The summed E-state index contributed by atoms with van der Waals surface area (Å²) in [7, 11) is 0. The predicted octanol–water partition coefficient (Wildman–Crippen LogP) is -0.0483. The summed E-state index contributed by atoms with van der Waals surface area (Å²) in [4.78, 5) is 12.2. The summed E-state index contributed by atoms with van der Waals surface area (Å²) in [6, 6.07) is 6.44. The van der Waals surface area contributed by atoms with Crippen LogP contribution in [0.25, 0.3) is 14.7 Å². The monoisotopic (exact) mass is 527 g/mol. The van der Waals surface area contributed by atoms with Gasteiger partial charge in [0.15, 0.2) is 0 Å². The molecular formula is C23H24IN6O-. The number of nitrogens with one attached hydrogen (secondary N) is 2. The van der Waals surface area contributed by atoms with Crippen LogP contribution >= 0.6 is 0 Å². The van der Waals surface area contributed by atoms with Crippen LogP contribution in [0.5, 0.6) is 5.75 Å². The van der Waals surface area contributed by atoms with Crippen LogP contribution in [0.2, 0.25) is 0 Å². The minimum atomic E-state index is -0.439. The number of allylic oxidation sites excluding steroid dienone is 1. The quantitative estimate of drug-likeness (QED) is 0.479. The van der Waals surface area contributed by atoms with Crippen molar-refractivity contribution in [3.05, 3.63) is 53.6 Å². The molecule has 6 rings (SSSR count). The third-order valence-corrected chi connectivity index (χ3v) is 8.78. The third kappa shape index (κ3) is 3.51. The van der Waals surface area contributed by atoms with E-state index in [1.54, 1.807) is 6.20 Å².